The van der Waals surface area contributed by atoms with Gasteiger partial charge in [0.2, 0.25) is 0 Å². The highest BCUT2D eigenvalue weighted by atomic mass is 32.2. The van der Waals surface area contributed by atoms with E-state index in [-0.39, 0.29) is 16.0 Å². The van der Waals surface area contributed by atoms with E-state index in [1.807, 2.05) is 75.4 Å². The number of benzene rings is 6. The molecule has 0 unspecified atom stereocenters. The molecule has 6 rings (SSSR count). The van der Waals surface area contributed by atoms with Gasteiger partial charge in [-0.1, -0.05) is 106 Å². The van der Waals surface area contributed by atoms with Crippen LogP contribution in [0.25, 0.3) is 0 Å². The summed E-state index contributed by atoms with van der Waals surface area (Å²) in [5.74, 6) is -2.52. The average Bonchev–Trinajstić information content (AvgIpc) is 3.29. The summed E-state index contributed by atoms with van der Waals surface area (Å²) in [5, 5.41) is 18.1. The average molecular weight is 907 g/mol. The topological polar surface area (TPSA) is 149 Å². The smallest absolute Gasteiger partial charge is 0.335 e. The molecule has 0 aromatic heterocycles. The van der Waals surface area contributed by atoms with Gasteiger partial charge in [0.1, 0.15) is 5.82 Å². The van der Waals surface area contributed by atoms with Crippen LogP contribution in [0.5, 0.6) is 0 Å². The highest BCUT2D eigenvalue weighted by molar-refractivity contribution is 7.93. The van der Waals surface area contributed by atoms with Crippen LogP contribution in [-0.4, -0.2) is 52.1 Å². The first-order chi connectivity index (χ1) is 30.6. The lowest BCUT2D eigenvalue weighted by Gasteiger charge is -2.27. The first kappa shape index (κ1) is 48.7. The van der Waals surface area contributed by atoms with Gasteiger partial charge in [0, 0.05) is 13.1 Å². The number of anilines is 2. The summed E-state index contributed by atoms with van der Waals surface area (Å²) in [7, 11) is -7.64. The van der Waals surface area contributed by atoms with Crippen molar-refractivity contribution in [3.8, 4) is 0 Å². The minimum atomic E-state index is -3.94. The van der Waals surface area contributed by atoms with Crippen molar-refractivity contribution >= 4 is 43.4 Å². The van der Waals surface area contributed by atoms with E-state index < -0.39 is 37.8 Å². The molecule has 0 aliphatic rings. The molecule has 0 amide bonds. The maximum absolute atomic E-state index is 13.8. The van der Waals surface area contributed by atoms with Gasteiger partial charge in [-0.2, -0.15) is 0 Å². The molecule has 336 valence electrons. The van der Waals surface area contributed by atoms with Gasteiger partial charge in [0.15, 0.2) is 0 Å². The van der Waals surface area contributed by atoms with E-state index in [1.165, 1.54) is 26.8 Å². The number of sulfonamides is 2. The number of carbonyl (C=O) groups is 2. The molecule has 6 aromatic carbocycles. The van der Waals surface area contributed by atoms with Crippen molar-refractivity contribution in [1.82, 2.24) is 0 Å². The third-order valence-corrected chi connectivity index (χ3v) is 14.3. The Morgan fingerprint density at radius 3 is 1.31 bits per heavy atom. The van der Waals surface area contributed by atoms with E-state index >= 15 is 0 Å². The van der Waals surface area contributed by atoms with Crippen LogP contribution in [0.2, 0.25) is 0 Å². The van der Waals surface area contributed by atoms with Crippen molar-refractivity contribution in [2.75, 3.05) is 21.7 Å². The Morgan fingerprint density at radius 2 is 0.922 bits per heavy atom. The predicted molar refractivity (Wildman–Crippen MR) is 251 cm³/mol. The summed E-state index contributed by atoms with van der Waals surface area (Å²) in [6, 6.07) is 40.5. The summed E-state index contributed by atoms with van der Waals surface area (Å²) in [6.45, 7) is 6.62. The van der Waals surface area contributed by atoms with Gasteiger partial charge in [0.25, 0.3) is 20.0 Å². The number of para-hydroxylation sites is 2. The van der Waals surface area contributed by atoms with E-state index in [1.54, 1.807) is 66.7 Å². The van der Waals surface area contributed by atoms with Gasteiger partial charge >= 0.3 is 11.9 Å². The van der Waals surface area contributed by atoms with Crippen LogP contribution in [0, 0.1) is 12.7 Å². The van der Waals surface area contributed by atoms with Gasteiger partial charge in [-0.3, -0.25) is 8.61 Å². The summed E-state index contributed by atoms with van der Waals surface area (Å²) in [4.78, 5) is 22.3. The van der Waals surface area contributed by atoms with Gasteiger partial charge in [-0.15, -0.1) is 0 Å². The van der Waals surface area contributed by atoms with Crippen molar-refractivity contribution < 1.29 is 41.0 Å². The molecule has 0 fully saturated rings. The summed E-state index contributed by atoms with van der Waals surface area (Å²) < 4.78 is 70.7. The second-order valence-corrected chi connectivity index (χ2v) is 19.1. The zero-order valence-corrected chi connectivity index (χ0v) is 38.0. The zero-order valence-electron chi connectivity index (χ0n) is 36.4. The molecule has 2 N–H and O–H groups in total. The standard InChI is InChI=1S/C26H29NO4S.C25H26FNO4S/c1-3-4-18-27(32(30,31)24-10-7-8-20(2)19-24)25-11-6-5-9-22(25)15-12-21-13-16-23(17-14-21)26(28)29;1-2-3-17-27(32(30,31)23-9-6-8-22(26)18-23)24-10-5-4-7-20(24)14-11-19-12-15-21(16-13-19)25(28)29/h5-11,13-14,16-17,19H,3-4,12,15,18H2,1-2H3,(H,28,29);4-10,12-13,15-16,18H,2-3,11,14,17H2,1H3,(H,28,29). The largest absolute Gasteiger partial charge is 0.478 e. The van der Waals surface area contributed by atoms with Gasteiger partial charge in [0.05, 0.1) is 32.3 Å². The van der Waals surface area contributed by atoms with Gasteiger partial charge in [-0.25, -0.2) is 30.8 Å². The number of aromatic carboxylic acids is 2. The van der Waals surface area contributed by atoms with Crippen molar-refractivity contribution in [1.29, 1.82) is 0 Å². The highest BCUT2D eigenvalue weighted by Crippen LogP contribution is 2.31. The number of aryl methyl sites for hydroxylation is 5. The number of carboxylic acid groups (broad SMARTS) is 2. The fraction of sp³-hybridized carbons (Fsp3) is 0.255. The maximum Gasteiger partial charge on any atom is 0.335 e. The predicted octanol–water partition coefficient (Wildman–Crippen LogP) is 10.8. The van der Waals surface area contributed by atoms with Crippen LogP contribution >= 0.6 is 0 Å². The van der Waals surface area contributed by atoms with Crippen LogP contribution < -0.4 is 8.61 Å². The molecular weight excluding hydrogens is 852 g/mol. The van der Waals surface area contributed by atoms with E-state index in [2.05, 4.69) is 0 Å². The quantitative estimate of drug-likeness (QED) is 0.0769. The Balaban J connectivity index is 0.000000241. The van der Waals surface area contributed by atoms with Crippen LogP contribution in [0.1, 0.15) is 88.1 Å². The molecule has 13 heteroatoms. The first-order valence-corrected chi connectivity index (χ1v) is 24.2. The third kappa shape index (κ3) is 12.9. The van der Waals surface area contributed by atoms with E-state index in [9.17, 15) is 30.8 Å². The number of hydrogen-bond donors (Lipinski definition) is 2. The summed E-state index contributed by atoms with van der Waals surface area (Å²) in [6.07, 6.45) is 5.65. The molecule has 10 nitrogen and oxygen atoms in total. The van der Waals surface area contributed by atoms with Crippen molar-refractivity contribution in [3.63, 3.8) is 0 Å². The minimum absolute atomic E-state index is 0.0762. The molecule has 6 aromatic rings. The van der Waals surface area contributed by atoms with E-state index in [0.717, 1.165) is 53.1 Å². The van der Waals surface area contributed by atoms with E-state index in [0.29, 0.717) is 61.5 Å². The molecule has 0 spiro atoms. The second-order valence-electron chi connectivity index (χ2n) is 15.4. The number of rotatable bonds is 20. The normalized spacial score (nSPS) is 11.3. The molecule has 0 heterocycles. The van der Waals surface area contributed by atoms with E-state index in [4.69, 9.17) is 10.2 Å². The molecule has 0 saturated carbocycles. The Kier molecular flexibility index (Phi) is 17.4. The molecular formula is C51H55FN2O8S2. The Morgan fingerprint density at radius 1 is 0.516 bits per heavy atom. The molecule has 0 saturated heterocycles. The highest BCUT2D eigenvalue weighted by Gasteiger charge is 2.28. The number of halogens is 1. The lowest BCUT2D eigenvalue weighted by Crippen LogP contribution is -2.33. The van der Waals surface area contributed by atoms with Crippen molar-refractivity contribution in [2.24, 2.45) is 0 Å². The lowest BCUT2D eigenvalue weighted by atomic mass is 10.0. The van der Waals surface area contributed by atoms with Crippen LogP contribution in [0.3, 0.4) is 0 Å². The Bertz CT molecular complexity index is 2540. The molecule has 0 radical (unpaired) electrons. The summed E-state index contributed by atoms with van der Waals surface area (Å²) in [5.41, 5.74) is 6.42. The molecule has 64 heavy (non-hydrogen) atoms. The third-order valence-electron chi connectivity index (χ3n) is 10.7. The van der Waals surface area contributed by atoms with Crippen molar-refractivity contribution in [3.05, 3.63) is 190 Å². The van der Waals surface area contributed by atoms with Crippen molar-refractivity contribution in [2.45, 2.75) is 81.9 Å². The summed E-state index contributed by atoms with van der Waals surface area (Å²) >= 11 is 0. The Hall–Kier alpha value is -6.31. The Labute approximate surface area is 376 Å². The van der Waals surface area contributed by atoms with Crippen LogP contribution in [-0.2, 0) is 45.7 Å². The number of nitrogens with zero attached hydrogens (tertiary/aromatic N) is 2. The SMILES string of the molecule is CCCCN(c1ccccc1CCc1ccc(C(=O)O)cc1)S(=O)(=O)c1cccc(C)c1.CCCCN(c1ccccc1CCc1ccc(C(=O)O)cc1)S(=O)(=O)c1cccc(F)c1. The monoisotopic (exact) mass is 906 g/mol. The maximum atomic E-state index is 13.8. The first-order valence-electron chi connectivity index (χ1n) is 21.3. The molecule has 0 atom stereocenters. The molecule has 0 aliphatic carbocycles. The number of hydrogen-bond acceptors (Lipinski definition) is 6. The molecule has 0 bridgehead atoms. The number of carboxylic acids is 2. The van der Waals surface area contributed by atoms with Gasteiger partial charge < -0.3 is 10.2 Å². The van der Waals surface area contributed by atoms with Gasteiger partial charge in [-0.05, 0) is 140 Å². The van der Waals surface area contributed by atoms with Crippen LogP contribution in [0.4, 0.5) is 15.8 Å². The fourth-order valence-corrected chi connectivity index (χ4v) is 10.3. The number of unbranched alkanes of at least 4 members (excludes halogenated alkanes) is 2. The second kappa shape index (κ2) is 22.9. The minimum Gasteiger partial charge on any atom is -0.478 e. The fourth-order valence-electron chi connectivity index (χ4n) is 7.12. The molecule has 0 aliphatic heterocycles. The lowest BCUT2D eigenvalue weighted by molar-refractivity contribution is 0.0686. The zero-order chi connectivity index (χ0) is 46.3. The van der Waals surface area contributed by atoms with Crippen LogP contribution in [0.15, 0.2) is 155 Å².